The van der Waals surface area contributed by atoms with Gasteiger partial charge in [-0.1, -0.05) is 139 Å². The fraction of sp³-hybridized carbons (Fsp3) is 0.128. The molecular formula is C86H83N5O21. The van der Waals surface area contributed by atoms with Crippen LogP contribution in [0, 0.1) is 6.92 Å². The fourth-order valence-corrected chi connectivity index (χ4v) is 9.66. The minimum absolute atomic E-state index is 0.0404. The number of fused-ring (bicyclic) bond motifs is 1. The summed E-state index contributed by atoms with van der Waals surface area (Å²) in [4.78, 5) is 103. The summed E-state index contributed by atoms with van der Waals surface area (Å²) < 4.78 is 9.87. The number of benzene rings is 10. The number of carboxylic acids is 7. The molecule has 0 spiro atoms. The predicted octanol–water partition coefficient (Wildman–Crippen LogP) is 14.5. The van der Waals surface area contributed by atoms with Crippen molar-refractivity contribution in [3.8, 4) is 34.4 Å². The zero-order chi connectivity index (χ0) is 82.2. The Balaban J connectivity index is 0.000000238. The average molecular weight is 1520 g/mol. The summed E-state index contributed by atoms with van der Waals surface area (Å²) in [7, 11) is 5.41. The zero-order valence-corrected chi connectivity index (χ0v) is 61.7. The molecule has 0 aliphatic heterocycles. The van der Waals surface area contributed by atoms with E-state index < -0.39 is 54.2 Å². The van der Waals surface area contributed by atoms with Gasteiger partial charge in [0.05, 0.1) is 29.4 Å². The van der Waals surface area contributed by atoms with Gasteiger partial charge in [0.25, 0.3) is 0 Å². The van der Waals surface area contributed by atoms with Crippen molar-refractivity contribution in [3.63, 3.8) is 0 Å². The number of nitrogens with zero attached hydrogens (tertiary/aromatic N) is 5. The Hall–Kier alpha value is -15.0. The molecule has 1 aromatic heterocycles. The number of aromatic nitrogens is 3. The Labute approximate surface area is 644 Å². The molecule has 0 atom stereocenters. The van der Waals surface area contributed by atoms with Gasteiger partial charge < -0.3 is 70.3 Å². The number of hydrogen-bond acceptors (Lipinski definition) is 18. The third kappa shape index (κ3) is 30.1. The number of ether oxygens (including phenoxy) is 2. The van der Waals surface area contributed by atoms with E-state index in [2.05, 4.69) is 10.2 Å². The molecule has 0 amide bonds. The number of hydrogen-bond donors (Lipinski definition) is 10. The van der Waals surface area contributed by atoms with Crippen LogP contribution < -0.4 is 19.3 Å². The number of carboxylic acid groups (broad SMARTS) is 7. The minimum Gasteiger partial charge on any atom is -0.507 e. The number of carbonyl (C=O) groups excluding carboxylic acids is 2. The van der Waals surface area contributed by atoms with Crippen molar-refractivity contribution in [1.29, 1.82) is 0 Å². The molecule has 10 aromatic carbocycles. The van der Waals surface area contributed by atoms with Crippen LogP contribution in [-0.2, 0) is 30.4 Å². The molecule has 0 radical (unpaired) electrons. The van der Waals surface area contributed by atoms with E-state index in [0.29, 0.717) is 23.2 Å². The van der Waals surface area contributed by atoms with E-state index >= 15 is 0 Å². The van der Waals surface area contributed by atoms with Gasteiger partial charge in [0.15, 0.2) is 18.2 Å². The van der Waals surface area contributed by atoms with Crippen molar-refractivity contribution in [3.05, 3.63) is 316 Å². The molecule has 112 heavy (non-hydrogen) atoms. The van der Waals surface area contributed by atoms with Gasteiger partial charge in [-0.05, 0) is 159 Å². The second-order valence-electron chi connectivity index (χ2n) is 23.7. The summed E-state index contributed by atoms with van der Waals surface area (Å²) in [6, 6.07) is 66.6. The lowest BCUT2D eigenvalue weighted by atomic mass is 9.97. The number of phenolic OH excluding ortho intramolecular Hbond substituents is 3. The molecule has 11 rings (SSSR count). The maximum atomic E-state index is 12.6. The van der Waals surface area contributed by atoms with Crippen molar-refractivity contribution in [2.45, 2.75) is 33.6 Å². The lowest BCUT2D eigenvalue weighted by molar-refractivity contribution is -0.139. The first kappa shape index (κ1) is 87.7. The molecular weight excluding hydrogens is 1440 g/mol. The molecule has 26 nitrogen and oxygen atoms in total. The maximum absolute atomic E-state index is 12.6. The van der Waals surface area contributed by atoms with Crippen LogP contribution in [0.1, 0.15) is 101 Å². The number of aliphatic carboxylic acids is 5. The molecule has 0 aliphatic rings. The molecule has 11 aromatic rings. The number of anilines is 2. The number of aromatic carboxylic acids is 2. The van der Waals surface area contributed by atoms with Crippen LogP contribution >= 0.6 is 0 Å². The quantitative estimate of drug-likeness (QED) is 0.0198. The average Bonchev–Trinajstić information content (AvgIpc) is 1.36. The number of aryl methyl sites for hydroxylation is 2. The standard InChI is InChI=1S/C18H19NO4.C15H13N3O3.C15H12O5.C10H10O3.C10H10O2.C9H11NO2.C9H8O2/c1-3-19(4-2)12-9-10-15(16(20)11-12)17(21)13-7-5-6-8-14(13)18(22)23;19-14-7-5-10(6-8-15(20)21)9-13(14)18-16-11-3-1-2-4-12(11)17-18;16-13-8-11(20-9-14(17)18)6-7-12(13)15(19)10-4-2-1-3-5-10;1-13-9-5-2-8(3-6-9)4-7-10(11)12;1-8-2-4-9(5-3-8)6-7-10(11)12;1-10(2)8-5-3-7(4-6-8)9(11)12;10-9(11)7-6-8-4-2-1-3-5-8/h5-11,20H,3-4H2,1-2H3,(H,22,23);1-5,7,9,19H,6,8H2,(H,20,21);1-8,16H,9H2,(H,17,18);2-7H,1H3,(H,11,12);2-7H,1H3,(H,11,12);3-6H,1-2H3,(H,11,12);1-7H,(H,10,11)/b;;;7-4+;7-6+;;7-6+. The van der Waals surface area contributed by atoms with Crippen LogP contribution in [0.3, 0.4) is 0 Å². The van der Waals surface area contributed by atoms with E-state index in [1.165, 1.54) is 65.0 Å². The Bertz CT molecular complexity index is 5020. The Kier molecular flexibility index (Phi) is 35.6. The van der Waals surface area contributed by atoms with Crippen LogP contribution in [0.15, 0.2) is 255 Å². The van der Waals surface area contributed by atoms with E-state index in [-0.39, 0.29) is 57.5 Å². The van der Waals surface area contributed by atoms with Gasteiger partial charge in [0.2, 0.25) is 0 Å². The molecule has 0 saturated carbocycles. The highest BCUT2D eigenvalue weighted by Gasteiger charge is 2.21. The second kappa shape index (κ2) is 45.5. The van der Waals surface area contributed by atoms with Crippen molar-refractivity contribution in [2.75, 3.05) is 50.7 Å². The molecule has 578 valence electrons. The van der Waals surface area contributed by atoms with E-state index in [1.54, 1.807) is 128 Å². The van der Waals surface area contributed by atoms with E-state index in [0.717, 1.165) is 81.7 Å². The van der Waals surface area contributed by atoms with E-state index in [9.17, 15) is 63.6 Å². The Morgan fingerprint density at radius 2 is 0.893 bits per heavy atom. The van der Waals surface area contributed by atoms with E-state index in [4.69, 9.17) is 40.1 Å². The summed E-state index contributed by atoms with van der Waals surface area (Å²) in [6.07, 6.45) is 8.44. The number of ketones is 2. The third-order valence-corrected chi connectivity index (χ3v) is 15.4. The normalized spacial score (nSPS) is 10.3. The largest absolute Gasteiger partial charge is 0.507 e. The minimum atomic E-state index is -1.17. The maximum Gasteiger partial charge on any atom is 0.341 e. The summed E-state index contributed by atoms with van der Waals surface area (Å²) in [6.45, 7) is 7.05. The number of aromatic hydroxyl groups is 3. The van der Waals surface area contributed by atoms with Crippen LogP contribution in [0.25, 0.3) is 34.9 Å². The number of methoxy groups -OCH3 is 1. The molecule has 10 N–H and O–H groups in total. The number of carbonyl (C=O) groups is 9. The highest BCUT2D eigenvalue weighted by Crippen LogP contribution is 2.30. The number of phenols is 3. The van der Waals surface area contributed by atoms with Gasteiger partial charge in [-0.2, -0.15) is 0 Å². The van der Waals surface area contributed by atoms with E-state index in [1.807, 2.05) is 124 Å². The third-order valence-electron chi connectivity index (χ3n) is 15.4. The first-order valence-electron chi connectivity index (χ1n) is 34.1. The molecule has 0 fully saturated rings. The van der Waals surface area contributed by atoms with Crippen molar-refractivity contribution >= 4 is 94.0 Å². The lowest BCUT2D eigenvalue weighted by Crippen LogP contribution is -2.21. The van der Waals surface area contributed by atoms with Crippen molar-refractivity contribution < 1.29 is 104 Å². The Morgan fingerprint density at radius 3 is 1.37 bits per heavy atom. The zero-order valence-electron chi connectivity index (χ0n) is 61.7. The summed E-state index contributed by atoms with van der Waals surface area (Å²) in [5.74, 6) is -7.05. The lowest BCUT2D eigenvalue weighted by Gasteiger charge is -2.21. The fourth-order valence-electron chi connectivity index (χ4n) is 9.66. The van der Waals surface area contributed by atoms with Gasteiger partial charge in [0.1, 0.15) is 45.5 Å². The molecule has 0 unspecified atom stereocenters. The molecule has 26 heteroatoms. The second-order valence-corrected chi connectivity index (χ2v) is 23.7. The molecule has 0 aliphatic carbocycles. The Morgan fingerprint density at radius 1 is 0.429 bits per heavy atom. The SMILES string of the molecule is CCN(CC)c1ccc(C(=O)c2ccccc2C(=O)O)c(O)c1.CN(C)c1ccc(C(=O)O)cc1.COc1ccc(/C=C/C(=O)O)cc1.Cc1ccc(/C=C/C(=O)O)cc1.O=C(O)/C=C/c1ccccc1.O=C(O)CCc1ccc(O)c(-n2nc3ccccc3n2)c1.O=C(O)COc1ccc(C(=O)c2ccccc2)c(O)c1. The summed E-state index contributed by atoms with van der Waals surface area (Å²) in [5.41, 5.74) is 9.33. The van der Waals surface area contributed by atoms with Crippen molar-refractivity contribution in [1.82, 2.24) is 15.0 Å². The van der Waals surface area contributed by atoms with Crippen LogP contribution in [-0.4, -0.2) is 160 Å². The van der Waals surface area contributed by atoms with Crippen LogP contribution in [0.5, 0.6) is 28.7 Å². The predicted molar refractivity (Wildman–Crippen MR) is 424 cm³/mol. The van der Waals surface area contributed by atoms with Gasteiger partial charge >= 0.3 is 41.8 Å². The van der Waals surface area contributed by atoms with Gasteiger partial charge in [-0.15, -0.1) is 15.0 Å². The van der Waals surface area contributed by atoms with Gasteiger partial charge in [-0.25, -0.2) is 28.8 Å². The summed E-state index contributed by atoms with van der Waals surface area (Å²) in [5, 5.41) is 98.6. The van der Waals surface area contributed by atoms with Crippen LogP contribution in [0.4, 0.5) is 11.4 Å². The topological polar surface area (TPSA) is 412 Å². The van der Waals surface area contributed by atoms with Gasteiger partial charge in [0, 0.05) is 86.5 Å². The number of rotatable bonds is 24. The van der Waals surface area contributed by atoms with Crippen LogP contribution in [0.2, 0.25) is 0 Å². The highest BCUT2D eigenvalue weighted by molar-refractivity contribution is 6.15. The van der Waals surface area contributed by atoms with Gasteiger partial charge in [-0.3, -0.25) is 14.4 Å². The first-order valence-corrected chi connectivity index (χ1v) is 34.1. The summed E-state index contributed by atoms with van der Waals surface area (Å²) >= 11 is 0. The molecule has 1 heterocycles. The monoisotopic (exact) mass is 1520 g/mol. The first-order chi connectivity index (χ1) is 53.5. The van der Waals surface area contributed by atoms with Crippen molar-refractivity contribution in [2.24, 2.45) is 0 Å². The molecule has 0 bridgehead atoms. The smallest absolute Gasteiger partial charge is 0.341 e. The highest BCUT2D eigenvalue weighted by atomic mass is 16.5. The molecule has 0 saturated heterocycles.